The lowest BCUT2D eigenvalue weighted by molar-refractivity contribution is -0.135. The summed E-state index contributed by atoms with van der Waals surface area (Å²) in [5.41, 5.74) is -0.363. The lowest BCUT2D eigenvalue weighted by atomic mass is 9.92. The van der Waals surface area contributed by atoms with E-state index in [-0.39, 0.29) is 19.1 Å². The molecule has 0 aliphatic carbocycles. The fourth-order valence-electron chi connectivity index (χ4n) is 3.67. The monoisotopic (exact) mass is 434 g/mol. The van der Waals surface area contributed by atoms with Crippen LogP contribution in [0.25, 0.3) is 0 Å². The molecule has 170 valence electrons. The van der Waals surface area contributed by atoms with Gasteiger partial charge in [0.25, 0.3) is 0 Å². The molecule has 9 nitrogen and oxygen atoms in total. The molecule has 0 radical (unpaired) electrons. The zero-order valence-corrected chi connectivity index (χ0v) is 17.8. The van der Waals surface area contributed by atoms with Gasteiger partial charge in [0.05, 0.1) is 31.8 Å². The van der Waals surface area contributed by atoms with Crippen molar-refractivity contribution in [1.82, 2.24) is 10.6 Å². The van der Waals surface area contributed by atoms with Crippen molar-refractivity contribution >= 4 is 17.6 Å². The zero-order valence-electron chi connectivity index (χ0n) is 17.8. The van der Waals surface area contributed by atoms with Crippen molar-refractivity contribution in [3.63, 3.8) is 0 Å². The zero-order chi connectivity index (χ0) is 22.6. The molecule has 31 heavy (non-hydrogen) atoms. The fraction of sp³-hybridized carbons (Fsp3) is 0.591. The number of hydrogen-bond donors (Lipinski definition) is 4. The van der Waals surface area contributed by atoms with Crippen molar-refractivity contribution in [2.24, 2.45) is 11.8 Å². The van der Waals surface area contributed by atoms with Crippen molar-refractivity contribution in [2.45, 2.75) is 44.4 Å². The van der Waals surface area contributed by atoms with Crippen LogP contribution in [0.4, 0.5) is 0 Å². The van der Waals surface area contributed by atoms with Crippen LogP contribution in [0.15, 0.2) is 24.3 Å². The van der Waals surface area contributed by atoms with Crippen LogP contribution in [-0.2, 0) is 25.5 Å². The Hall–Kier alpha value is -2.49. The van der Waals surface area contributed by atoms with Crippen LogP contribution in [-0.4, -0.2) is 71.9 Å². The molecule has 4 N–H and O–H groups in total. The van der Waals surface area contributed by atoms with Crippen molar-refractivity contribution in [1.29, 1.82) is 0 Å². The molecule has 2 amide bonds. The smallest absolute Gasteiger partial charge is 0.245 e. The Morgan fingerprint density at radius 2 is 1.87 bits per heavy atom. The second-order valence-electron chi connectivity index (χ2n) is 8.56. The third kappa shape index (κ3) is 5.41. The number of carbonyl (C=O) groups excluding carboxylic acids is 3. The van der Waals surface area contributed by atoms with E-state index in [2.05, 4.69) is 10.6 Å². The van der Waals surface area contributed by atoms with Gasteiger partial charge >= 0.3 is 0 Å². The van der Waals surface area contributed by atoms with Crippen LogP contribution in [0.1, 0.15) is 25.8 Å². The standard InChI is InChI=1S/C22H30N2O7/c1-13(2)7-16(19(27)22(11-26)12-31-22)23-21(29)17(9-25)24-20(28)15-8-14-5-3-4-6-18(14)30-10-15/h3-6,13,15-17,25-26H,7-12H2,1-2H3,(H,23,29)(H,24,28)/t15-,16?,17+,22-/m1/s1. The Morgan fingerprint density at radius 1 is 1.16 bits per heavy atom. The van der Waals surface area contributed by atoms with Gasteiger partial charge in [0.1, 0.15) is 18.4 Å². The molecule has 2 aliphatic heterocycles. The van der Waals surface area contributed by atoms with Crippen LogP contribution in [0.2, 0.25) is 0 Å². The number of carbonyl (C=O) groups is 3. The summed E-state index contributed by atoms with van der Waals surface area (Å²) in [6.07, 6.45) is 0.807. The summed E-state index contributed by atoms with van der Waals surface area (Å²) in [6.45, 7) is 3.01. The van der Waals surface area contributed by atoms with E-state index in [1.165, 1.54) is 0 Å². The maximum absolute atomic E-state index is 12.8. The van der Waals surface area contributed by atoms with E-state index in [0.717, 1.165) is 11.3 Å². The van der Waals surface area contributed by atoms with Gasteiger partial charge in [-0.25, -0.2) is 0 Å². The molecule has 0 spiro atoms. The minimum Gasteiger partial charge on any atom is -0.492 e. The first-order valence-electron chi connectivity index (χ1n) is 10.5. The van der Waals surface area contributed by atoms with Gasteiger partial charge in [0.2, 0.25) is 11.8 Å². The number of benzene rings is 1. The first-order valence-corrected chi connectivity index (χ1v) is 10.5. The Kier molecular flexibility index (Phi) is 7.30. The number of amides is 2. The molecule has 9 heteroatoms. The first-order chi connectivity index (χ1) is 14.8. The summed E-state index contributed by atoms with van der Waals surface area (Å²) in [5.74, 6) is -1.16. The van der Waals surface area contributed by atoms with Crippen LogP contribution in [0.3, 0.4) is 0 Å². The van der Waals surface area contributed by atoms with E-state index in [4.69, 9.17) is 9.47 Å². The Balaban J connectivity index is 1.62. The molecule has 1 saturated heterocycles. The van der Waals surface area contributed by atoms with Gasteiger partial charge in [-0.1, -0.05) is 32.0 Å². The topological polar surface area (TPSA) is 137 Å². The first kappa shape index (κ1) is 23.2. The molecule has 1 fully saturated rings. The average molecular weight is 434 g/mol. The highest BCUT2D eigenvalue weighted by molar-refractivity contribution is 5.98. The van der Waals surface area contributed by atoms with E-state index in [0.29, 0.717) is 12.8 Å². The molecular formula is C22H30N2O7. The second kappa shape index (κ2) is 9.76. The number of aliphatic hydroxyl groups excluding tert-OH is 2. The molecule has 1 aromatic carbocycles. The maximum atomic E-state index is 12.8. The highest BCUT2D eigenvalue weighted by Crippen LogP contribution is 2.30. The number of hydrogen-bond acceptors (Lipinski definition) is 7. The molecule has 0 bridgehead atoms. The number of epoxide rings is 1. The third-order valence-corrected chi connectivity index (χ3v) is 5.60. The fourth-order valence-corrected chi connectivity index (χ4v) is 3.67. The number of Topliss-reactive ketones (excluding diaryl/α,β-unsaturated/α-hetero) is 1. The predicted molar refractivity (Wildman–Crippen MR) is 110 cm³/mol. The minimum absolute atomic E-state index is 0.0883. The summed E-state index contributed by atoms with van der Waals surface area (Å²) in [5, 5.41) is 24.3. The predicted octanol–water partition coefficient (Wildman–Crippen LogP) is -0.424. The van der Waals surface area contributed by atoms with Gasteiger partial charge in [-0.3, -0.25) is 14.4 Å². The summed E-state index contributed by atoms with van der Waals surface area (Å²) in [4.78, 5) is 38.2. The van der Waals surface area contributed by atoms with Gasteiger partial charge in [-0.05, 0) is 30.4 Å². The SMILES string of the molecule is CC(C)CC(NC(=O)[C@H](CO)NC(=O)[C@H]1COc2ccccc2C1)C(=O)[C@@]1(CO)CO1. The molecule has 0 saturated carbocycles. The quantitative estimate of drug-likeness (QED) is 0.367. The Bertz CT molecular complexity index is 822. The number of aliphatic hydroxyl groups is 2. The lowest BCUT2D eigenvalue weighted by Gasteiger charge is -2.27. The normalized spacial score (nSPS) is 23.8. The van der Waals surface area contributed by atoms with E-state index < -0.39 is 54.4 Å². The molecule has 4 atom stereocenters. The third-order valence-electron chi connectivity index (χ3n) is 5.60. The molecule has 1 aromatic rings. The summed E-state index contributed by atoms with van der Waals surface area (Å²) < 4.78 is 10.8. The van der Waals surface area contributed by atoms with Gasteiger partial charge in [0.15, 0.2) is 11.4 Å². The van der Waals surface area contributed by atoms with E-state index in [1.54, 1.807) is 0 Å². The van der Waals surface area contributed by atoms with E-state index >= 15 is 0 Å². The highest BCUT2D eigenvalue weighted by atomic mass is 16.6. The molecule has 2 aliphatic rings. The van der Waals surface area contributed by atoms with Crippen LogP contribution in [0.5, 0.6) is 5.75 Å². The minimum atomic E-state index is -1.27. The maximum Gasteiger partial charge on any atom is 0.245 e. The number of rotatable bonds is 10. The number of fused-ring (bicyclic) bond motifs is 1. The number of ether oxygens (including phenoxy) is 2. The van der Waals surface area contributed by atoms with E-state index in [9.17, 15) is 24.6 Å². The van der Waals surface area contributed by atoms with Crippen LogP contribution < -0.4 is 15.4 Å². The van der Waals surface area contributed by atoms with Gasteiger partial charge in [0, 0.05) is 0 Å². The average Bonchev–Trinajstić information content (AvgIpc) is 3.56. The molecule has 0 aromatic heterocycles. The molecular weight excluding hydrogens is 404 g/mol. The summed E-state index contributed by atoms with van der Waals surface area (Å²) in [7, 11) is 0. The number of ketones is 1. The summed E-state index contributed by atoms with van der Waals surface area (Å²) in [6, 6.07) is 5.33. The van der Waals surface area contributed by atoms with Gasteiger partial charge in [-0.15, -0.1) is 0 Å². The van der Waals surface area contributed by atoms with Gasteiger partial charge < -0.3 is 30.3 Å². The Morgan fingerprint density at radius 3 is 2.48 bits per heavy atom. The van der Waals surface area contributed by atoms with Gasteiger partial charge in [-0.2, -0.15) is 0 Å². The van der Waals surface area contributed by atoms with Crippen LogP contribution in [0, 0.1) is 11.8 Å². The van der Waals surface area contributed by atoms with Crippen LogP contribution >= 0.6 is 0 Å². The number of nitrogens with one attached hydrogen (secondary N) is 2. The second-order valence-corrected chi connectivity index (χ2v) is 8.56. The molecule has 3 rings (SSSR count). The van der Waals surface area contributed by atoms with E-state index in [1.807, 2.05) is 38.1 Å². The molecule has 2 heterocycles. The highest BCUT2D eigenvalue weighted by Gasteiger charge is 2.54. The van der Waals surface area contributed by atoms with Crippen molar-refractivity contribution < 1.29 is 34.1 Å². The summed E-state index contributed by atoms with van der Waals surface area (Å²) >= 11 is 0. The number of para-hydroxylation sites is 1. The Labute approximate surface area is 181 Å². The lowest BCUT2D eigenvalue weighted by Crippen LogP contribution is -2.56. The largest absolute Gasteiger partial charge is 0.492 e. The molecule has 1 unspecified atom stereocenters. The van der Waals surface area contributed by atoms with Crippen molar-refractivity contribution in [2.75, 3.05) is 26.4 Å². The van der Waals surface area contributed by atoms with Crippen molar-refractivity contribution in [3.8, 4) is 5.75 Å². The van der Waals surface area contributed by atoms with Crippen molar-refractivity contribution in [3.05, 3.63) is 29.8 Å².